The van der Waals surface area contributed by atoms with Crippen molar-refractivity contribution in [2.45, 2.75) is 27.0 Å². The van der Waals surface area contributed by atoms with E-state index in [4.69, 9.17) is 9.47 Å². The maximum Gasteiger partial charge on any atom is 0.162 e. The Morgan fingerprint density at radius 1 is 1.00 bits per heavy atom. The maximum absolute atomic E-state index is 13.2. The van der Waals surface area contributed by atoms with Crippen molar-refractivity contribution in [1.29, 1.82) is 0 Å². The van der Waals surface area contributed by atoms with Gasteiger partial charge in [0.15, 0.2) is 5.75 Å². The van der Waals surface area contributed by atoms with Crippen molar-refractivity contribution in [3.63, 3.8) is 0 Å². The van der Waals surface area contributed by atoms with Gasteiger partial charge in [0.2, 0.25) is 0 Å². The Morgan fingerprint density at radius 3 is 2.50 bits per heavy atom. The second kappa shape index (κ2) is 9.18. The van der Waals surface area contributed by atoms with Crippen molar-refractivity contribution in [1.82, 2.24) is 9.55 Å². The highest BCUT2D eigenvalue weighted by molar-refractivity contribution is 5.89. The van der Waals surface area contributed by atoms with Gasteiger partial charge in [0, 0.05) is 23.8 Å². The first-order valence-electron chi connectivity index (χ1n) is 9.50. The lowest BCUT2D eigenvalue weighted by Crippen LogP contribution is -2.04. The molecule has 0 spiro atoms. The first-order valence-corrected chi connectivity index (χ1v) is 9.50. The second-order valence-electron chi connectivity index (χ2n) is 7.10. The van der Waals surface area contributed by atoms with E-state index in [2.05, 4.69) is 29.5 Å². The Balaban J connectivity index is 0.00000256. The Morgan fingerprint density at radius 2 is 1.77 bits per heavy atom. The quantitative estimate of drug-likeness (QED) is 0.388. The van der Waals surface area contributed by atoms with Gasteiger partial charge in [-0.25, -0.2) is 4.39 Å². The smallest absolute Gasteiger partial charge is 0.162 e. The van der Waals surface area contributed by atoms with Crippen LogP contribution in [0.25, 0.3) is 10.9 Å². The Labute approximate surface area is 181 Å². The first kappa shape index (κ1) is 21.7. The van der Waals surface area contributed by atoms with Crippen LogP contribution in [0.2, 0.25) is 0 Å². The van der Waals surface area contributed by atoms with Gasteiger partial charge in [-0.05, 0) is 54.8 Å². The molecule has 30 heavy (non-hydrogen) atoms. The summed E-state index contributed by atoms with van der Waals surface area (Å²) < 4.78 is 26.9. The molecule has 4 nitrogen and oxygen atoms in total. The van der Waals surface area contributed by atoms with Crippen LogP contribution in [0.15, 0.2) is 60.9 Å². The molecule has 0 atom stereocenters. The van der Waals surface area contributed by atoms with E-state index in [9.17, 15) is 4.39 Å². The fourth-order valence-electron chi connectivity index (χ4n) is 3.55. The summed E-state index contributed by atoms with van der Waals surface area (Å²) in [5.74, 6) is 1.30. The molecule has 0 unspecified atom stereocenters. The number of halogens is 2. The number of aromatic nitrogens is 2. The Kier molecular flexibility index (Phi) is 6.63. The van der Waals surface area contributed by atoms with Gasteiger partial charge in [-0.15, -0.1) is 12.4 Å². The normalized spacial score (nSPS) is 10.7. The Bertz CT molecular complexity index is 1160. The van der Waals surface area contributed by atoms with Crippen molar-refractivity contribution in [2.24, 2.45) is 0 Å². The van der Waals surface area contributed by atoms with E-state index in [1.165, 1.54) is 23.4 Å². The van der Waals surface area contributed by atoms with Crippen LogP contribution < -0.4 is 9.47 Å². The van der Waals surface area contributed by atoms with E-state index in [0.717, 1.165) is 27.8 Å². The lowest BCUT2D eigenvalue weighted by Gasteiger charge is -2.13. The zero-order valence-corrected chi connectivity index (χ0v) is 18.0. The van der Waals surface area contributed by atoms with Gasteiger partial charge in [-0.1, -0.05) is 24.3 Å². The molecule has 0 fully saturated rings. The largest absolute Gasteiger partial charge is 0.497 e. The minimum Gasteiger partial charge on any atom is -0.497 e. The van der Waals surface area contributed by atoms with Gasteiger partial charge in [-0.2, -0.15) is 0 Å². The van der Waals surface area contributed by atoms with E-state index in [0.29, 0.717) is 18.9 Å². The lowest BCUT2D eigenvalue weighted by atomic mass is 10.2. The monoisotopic (exact) mass is 426 g/mol. The molecule has 4 aromatic rings. The fraction of sp³-hybridized carbons (Fsp3) is 0.208. The van der Waals surface area contributed by atoms with Crippen molar-refractivity contribution in [3.05, 3.63) is 89.1 Å². The van der Waals surface area contributed by atoms with Crippen molar-refractivity contribution in [3.8, 4) is 11.5 Å². The summed E-state index contributed by atoms with van der Waals surface area (Å²) in [5, 5.41) is 1.07. The summed E-state index contributed by atoms with van der Waals surface area (Å²) in [4.78, 5) is 4.37. The molecular formula is C24H24ClFN2O2. The highest BCUT2D eigenvalue weighted by atomic mass is 35.5. The molecule has 0 radical (unpaired) electrons. The van der Waals surface area contributed by atoms with Gasteiger partial charge in [0.25, 0.3) is 0 Å². The van der Waals surface area contributed by atoms with E-state index >= 15 is 0 Å². The van der Waals surface area contributed by atoms with Crippen LogP contribution in [0, 0.1) is 19.7 Å². The van der Waals surface area contributed by atoms with Crippen LogP contribution in [0.3, 0.4) is 0 Å². The minimum absolute atomic E-state index is 0. The molecule has 2 aromatic carbocycles. The number of rotatable bonds is 6. The van der Waals surface area contributed by atoms with Crippen LogP contribution in [-0.4, -0.2) is 16.7 Å². The van der Waals surface area contributed by atoms with E-state index < -0.39 is 0 Å². The van der Waals surface area contributed by atoms with Gasteiger partial charge in [-0.3, -0.25) is 4.98 Å². The highest BCUT2D eigenvalue weighted by Gasteiger charge is 2.16. The van der Waals surface area contributed by atoms with E-state index in [1.807, 2.05) is 24.4 Å². The van der Waals surface area contributed by atoms with Crippen LogP contribution >= 0.6 is 12.4 Å². The van der Waals surface area contributed by atoms with Crippen molar-refractivity contribution >= 4 is 23.3 Å². The molecule has 6 heteroatoms. The zero-order chi connectivity index (χ0) is 20.4. The average Bonchev–Trinajstić information content (AvgIpc) is 2.99. The molecular weight excluding hydrogens is 403 g/mol. The third-order valence-corrected chi connectivity index (χ3v) is 5.29. The Hall–Kier alpha value is -3.05. The summed E-state index contributed by atoms with van der Waals surface area (Å²) >= 11 is 0. The minimum atomic E-state index is -0.254. The van der Waals surface area contributed by atoms with Crippen molar-refractivity contribution < 1.29 is 13.9 Å². The molecule has 0 saturated heterocycles. The number of aryl methyl sites for hydroxylation is 1. The molecule has 2 heterocycles. The van der Waals surface area contributed by atoms with Crippen LogP contribution in [-0.2, 0) is 13.2 Å². The number of benzene rings is 2. The summed E-state index contributed by atoms with van der Waals surface area (Å²) in [6.07, 6.45) is 3.62. The summed E-state index contributed by atoms with van der Waals surface area (Å²) in [7, 11) is 1.67. The molecule has 0 aliphatic heterocycles. The zero-order valence-electron chi connectivity index (χ0n) is 17.2. The number of fused-ring (bicyclic) bond motifs is 1. The highest BCUT2D eigenvalue weighted by Crippen LogP contribution is 2.33. The molecule has 0 aliphatic carbocycles. The molecule has 156 valence electrons. The lowest BCUT2D eigenvalue weighted by molar-refractivity contribution is 0.307. The third kappa shape index (κ3) is 4.26. The van der Waals surface area contributed by atoms with Crippen LogP contribution in [0.4, 0.5) is 4.39 Å². The topological polar surface area (TPSA) is 36.3 Å². The number of pyridine rings is 1. The second-order valence-corrected chi connectivity index (χ2v) is 7.10. The molecule has 4 rings (SSSR count). The SMILES string of the molecule is COc1cccc(Cn2c(C)c(C)c3cncc(OCc4ccc(F)cc4)c32)c1.Cl. The summed E-state index contributed by atoms with van der Waals surface area (Å²) in [6, 6.07) is 14.4. The molecule has 0 amide bonds. The standard InChI is InChI=1S/C24H23FN2O2.ClH/c1-16-17(2)27(14-19-5-4-6-21(11-19)28-3)24-22(16)12-26-13-23(24)29-15-18-7-9-20(25)10-8-18;/h4-13H,14-15H2,1-3H3;1H. The summed E-state index contributed by atoms with van der Waals surface area (Å²) in [6.45, 7) is 5.26. The maximum atomic E-state index is 13.2. The molecule has 2 aromatic heterocycles. The predicted octanol–water partition coefficient (Wildman–Crippen LogP) is 5.85. The molecule has 0 bridgehead atoms. The number of nitrogens with zero attached hydrogens (tertiary/aromatic N) is 2. The predicted molar refractivity (Wildman–Crippen MR) is 119 cm³/mol. The summed E-state index contributed by atoms with van der Waals surface area (Å²) in [5.41, 5.74) is 5.42. The average molecular weight is 427 g/mol. The number of ether oxygens (including phenoxy) is 2. The molecule has 0 aliphatic rings. The van der Waals surface area contributed by atoms with Gasteiger partial charge in [0.1, 0.15) is 18.2 Å². The number of methoxy groups -OCH3 is 1. The van der Waals surface area contributed by atoms with Crippen LogP contribution in [0.5, 0.6) is 11.5 Å². The number of hydrogen-bond donors (Lipinski definition) is 0. The first-order chi connectivity index (χ1) is 14.1. The van der Waals surface area contributed by atoms with Gasteiger partial charge >= 0.3 is 0 Å². The number of hydrogen-bond acceptors (Lipinski definition) is 3. The molecule has 0 N–H and O–H groups in total. The molecule has 0 saturated carbocycles. The van der Waals surface area contributed by atoms with Gasteiger partial charge in [0.05, 0.1) is 18.8 Å². The van der Waals surface area contributed by atoms with Gasteiger partial charge < -0.3 is 14.0 Å². The fourth-order valence-corrected chi connectivity index (χ4v) is 3.55. The van der Waals surface area contributed by atoms with Crippen molar-refractivity contribution in [2.75, 3.05) is 7.11 Å². The van der Waals surface area contributed by atoms with E-state index in [-0.39, 0.29) is 18.2 Å². The third-order valence-electron chi connectivity index (χ3n) is 5.29. The van der Waals surface area contributed by atoms with E-state index in [1.54, 1.807) is 25.4 Å². The van der Waals surface area contributed by atoms with Crippen LogP contribution in [0.1, 0.15) is 22.4 Å².